The van der Waals surface area contributed by atoms with E-state index in [1.807, 2.05) is 0 Å². The average molecular weight is 339 g/mol. The lowest BCUT2D eigenvalue weighted by Gasteiger charge is -2.32. The van der Waals surface area contributed by atoms with E-state index in [0.29, 0.717) is 11.6 Å². The second-order valence-corrected chi connectivity index (χ2v) is 6.47. The first kappa shape index (κ1) is 13.8. The number of piperidine rings is 1. The van der Waals surface area contributed by atoms with Gasteiger partial charge in [-0.1, -0.05) is 6.42 Å². The lowest BCUT2D eigenvalue weighted by atomic mass is 9.99. The Morgan fingerprint density at radius 3 is 3.10 bits per heavy atom. The van der Waals surface area contributed by atoms with Crippen LogP contribution in [0.1, 0.15) is 36.0 Å². The highest BCUT2D eigenvalue weighted by atomic mass is 79.9. The van der Waals surface area contributed by atoms with Gasteiger partial charge in [-0.25, -0.2) is 4.98 Å². The summed E-state index contributed by atoms with van der Waals surface area (Å²) in [5, 5.41) is 3.14. The Hall–Kier alpha value is -1.14. The number of aromatic nitrogens is 1. The largest absolute Gasteiger partial charge is 0.383 e. The minimum Gasteiger partial charge on any atom is -0.383 e. The van der Waals surface area contributed by atoms with Crippen LogP contribution in [0.3, 0.4) is 0 Å². The van der Waals surface area contributed by atoms with Crippen LogP contribution in [-0.4, -0.2) is 41.0 Å². The van der Waals surface area contributed by atoms with Crippen molar-refractivity contribution in [1.29, 1.82) is 0 Å². The number of hydrogen-bond donors (Lipinski definition) is 2. The zero-order chi connectivity index (χ0) is 14.1. The number of nitrogens with two attached hydrogens (primary N) is 1. The van der Waals surface area contributed by atoms with Crippen molar-refractivity contribution in [2.45, 2.75) is 37.8 Å². The summed E-state index contributed by atoms with van der Waals surface area (Å²) in [6.07, 6.45) is 6.34. The van der Waals surface area contributed by atoms with E-state index in [1.54, 1.807) is 12.3 Å². The molecule has 108 valence electrons. The number of carbonyl (C=O) groups is 1. The molecule has 0 radical (unpaired) electrons. The first-order valence-electron chi connectivity index (χ1n) is 7.11. The molecule has 2 aliphatic rings. The molecule has 0 saturated carbocycles. The molecule has 0 bridgehead atoms. The van der Waals surface area contributed by atoms with Gasteiger partial charge in [0.1, 0.15) is 5.82 Å². The molecule has 3 N–H and O–H groups in total. The van der Waals surface area contributed by atoms with Crippen molar-refractivity contribution in [2.24, 2.45) is 0 Å². The number of nitrogen functional groups attached to an aromatic ring is 1. The summed E-state index contributed by atoms with van der Waals surface area (Å²) in [6.45, 7) is 2.25. The lowest BCUT2D eigenvalue weighted by molar-refractivity contribution is 0.0916. The van der Waals surface area contributed by atoms with Gasteiger partial charge >= 0.3 is 0 Å². The zero-order valence-electron chi connectivity index (χ0n) is 11.3. The number of rotatable bonds is 2. The van der Waals surface area contributed by atoms with Crippen LogP contribution >= 0.6 is 15.9 Å². The fourth-order valence-corrected chi connectivity index (χ4v) is 3.62. The molecule has 2 fully saturated rings. The molecule has 5 nitrogen and oxygen atoms in total. The van der Waals surface area contributed by atoms with Gasteiger partial charge in [0.15, 0.2) is 0 Å². The molecule has 20 heavy (non-hydrogen) atoms. The molecule has 1 amide bonds. The minimum atomic E-state index is -0.117. The number of anilines is 1. The summed E-state index contributed by atoms with van der Waals surface area (Å²) in [7, 11) is 0. The van der Waals surface area contributed by atoms with Crippen LogP contribution in [0.4, 0.5) is 5.82 Å². The Labute approximate surface area is 127 Å². The number of hydrogen-bond acceptors (Lipinski definition) is 4. The number of amides is 1. The maximum absolute atomic E-state index is 12.4. The van der Waals surface area contributed by atoms with Gasteiger partial charge in [-0.15, -0.1) is 0 Å². The molecular weight excluding hydrogens is 320 g/mol. The number of nitrogens with zero attached hydrogens (tertiary/aromatic N) is 2. The van der Waals surface area contributed by atoms with Crippen LogP contribution in [0.25, 0.3) is 0 Å². The van der Waals surface area contributed by atoms with Gasteiger partial charge in [0, 0.05) is 29.3 Å². The summed E-state index contributed by atoms with van der Waals surface area (Å²) >= 11 is 3.33. The van der Waals surface area contributed by atoms with E-state index >= 15 is 0 Å². The quantitative estimate of drug-likeness (QED) is 0.862. The van der Waals surface area contributed by atoms with Gasteiger partial charge in [0.2, 0.25) is 0 Å². The van der Waals surface area contributed by atoms with Crippen molar-refractivity contribution in [2.75, 3.05) is 18.8 Å². The van der Waals surface area contributed by atoms with Gasteiger partial charge in [-0.05, 0) is 47.8 Å². The second-order valence-electron chi connectivity index (χ2n) is 5.55. The highest BCUT2D eigenvalue weighted by Gasteiger charge is 2.36. The minimum absolute atomic E-state index is 0.117. The summed E-state index contributed by atoms with van der Waals surface area (Å²) < 4.78 is 0.766. The Bertz CT molecular complexity index is 522. The Morgan fingerprint density at radius 2 is 2.25 bits per heavy atom. The van der Waals surface area contributed by atoms with Crippen molar-refractivity contribution in [1.82, 2.24) is 15.2 Å². The molecule has 3 rings (SSSR count). The Balaban J connectivity index is 1.71. The number of pyridine rings is 1. The molecule has 2 unspecified atom stereocenters. The van der Waals surface area contributed by atoms with E-state index in [0.717, 1.165) is 24.0 Å². The van der Waals surface area contributed by atoms with Crippen LogP contribution in [0.15, 0.2) is 16.7 Å². The van der Waals surface area contributed by atoms with Crippen LogP contribution in [0.2, 0.25) is 0 Å². The summed E-state index contributed by atoms with van der Waals surface area (Å²) in [5.41, 5.74) is 6.25. The maximum atomic E-state index is 12.4. The smallest absolute Gasteiger partial charge is 0.255 e. The number of fused-ring (bicyclic) bond motifs is 1. The number of carbonyl (C=O) groups excluding carboxylic acids is 1. The van der Waals surface area contributed by atoms with E-state index in [9.17, 15) is 4.79 Å². The van der Waals surface area contributed by atoms with Crippen molar-refractivity contribution in [3.05, 3.63) is 22.3 Å². The first-order valence-corrected chi connectivity index (χ1v) is 7.90. The third kappa shape index (κ3) is 2.67. The summed E-state index contributed by atoms with van der Waals surface area (Å²) in [5.74, 6) is 0.165. The molecule has 2 aliphatic heterocycles. The molecule has 0 aliphatic carbocycles. The fraction of sp³-hybridized carbons (Fsp3) is 0.571. The zero-order valence-corrected chi connectivity index (χ0v) is 12.9. The number of halogens is 1. The average Bonchev–Trinajstić information content (AvgIpc) is 2.85. The first-order chi connectivity index (χ1) is 9.65. The standard InChI is InChI=1S/C14H19BrN4O/c15-9-7-10(13(16)17-8-9)14(20)18-11-4-6-19-5-2-1-3-12(11)19/h7-8,11-12H,1-6H2,(H2,16,17)(H,18,20). The third-order valence-corrected chi connectivity index (χ3v) is 4.74. The highest BCUT2D eigenvalue weighted by Crippen LogP contribution is 2.27. The summed E-state index contributed by atoms with van der Waals surface area (Å²) in [6, 6.07) is 2.46. The Morgan fingerprint density at radius 1 is 1.40 bits per heavy atom. The van der Waals surface area contributed by atoms with Crippen molar-refractivity contribution < 1.29 is 4.79 Å². The third-order valence-electron chi connectivity index (χ3n) is 4.30. The monoisotopic (exact) mass is 338 g/mol. The molecule has 2 atom stereocenters. The fourth-order valence-electron chi connectivity index (χ4n) is 3.29. The van der Waals surface area contributed by atoms with Crippen LogP contribution in [0, 0.1) is 0 Å². The molecule has 3 heterocycles. The second kappa shape index (κ2) is 5.69. The van der Waals surface area contributed by atoms with E-state index in [2.05, 4.69) is 31.1 Å². The van der Waals surface area contributed by atoms with Gasteiger partial charge in [-0.3, -0.25) is 9.69 Å². The molecule has 1 aromatic heterocycles. The number of nitrogens with one attached hydrogen (secondary N) is 1. The molecular formula is C14H19BrN4O. The van der Waals surface area contributed by atoms with E-state index < -0.39 is 0 Å². The van der Waals surface area contributed by atoms with Gasteiger partial charge < -0.3 is 11.1 Å². The van der Waals surface area contributed by atoms with E-state index in [1.165, 1.54) is 19.3 Å². The van der Waals surface area contributed by atoms with Crippen LogP contribution in [0.5, 0.6) is 0 Å². The van der Waals surface area contributed by atoms with Gasteiger partial charge in [0.05, 0.1) is 5.56 Å². The Kier molecular flexibility index (Phi) is 3.94. The predicted octanol–water partition coefficient (Wildman–Crippen LogP) is 1.78. The molecule has 2 saturated heterocycles. The van der Waals surface area contributed by atoms with Crippen molar-refractivity contribution >= 4 is 27.7 Å². The maximum Gasteiger partial charge on any atom is 0.255 e. The van der Waals surface area contributed by atoms with Gasteiger partial charge in [-0.2, -0.15) is 0 Å². The van der Waals surface area contributed by atoms with E-state index in [4.69, 9.17) is 5.73 Å². The molecule has 1 aromatic rings. The lowest BCUT2D eigenvalue weighted by Crippen LogP contribution is -2.46. The van der Waals surface area contributed by atoms with E-state index in [-0.39, 0.29) is 17.8 Å². The van der Waals surface area contributed by atoms with Crippen molar-refractivity contribution in [3.8, 4) is 0 Å². The normalized spacial score (nSPS) is 26.2. The molecule has 0 spiro atoms. The van der Waals surface area contributed by atoms with Crippen LogP contribution < -0.4 is 11.1 Å². The SMILES string of the molecule is Nc1ncc(Br)cc1C(=O)NC1CCN2CCCCC12. The predicted molar refractivity (Wildman–Crippen MR) is 81.4 cm³/mol. The molecule has 6 heteroatoms. The van der Waals surface area contributed by atoms with Crippen molar-refractivity contribution in [3.63, 3.8) is 0 Å². The van der Waals surface area contributed by atoms with Crippen LogP contribution in [-0.2, 0) is 0 Å². The summed E-state index contributed by atoms with van der Waals surface area (Å²) in [4.78, 5) is 18.9. The topological polar surface area (TPSA) is 71.2 Å². The molecule has 0 aromatic carbocycles. The highest BCUT2D eigenvalue weighted by molar-refractivity contribution is 9.10. The van der Waals surface area contributed by atoms with Gasteiger partial charge in [0.25, 0.3) is 5.91 Å².